The second-order valence-corrected chi connectivity index (χ2v) is 7.53. The van der Waals surface area contributed by atoms with Gasteiger partial charge in [-0.1, -0.05) is 18.2 Å². The van der Waals surface area contributed by atoms with Crippen LogP contribution < -0.4 is 5.32 Å². The Bertz CT molecular complexity index is 1000. The normalized spacial score (nSPS) is 18.6. The lowest BCUT2D eigenvalue weighted by Gasteiger charge is -2.18. The number of nitrogens with zero attached hydrogens (tertiary/aromatic N) is 4. The molecular weight excluding hydrogens is 355 g/mol. The molecule has 0 radical (unpaired) electrons. The Morgan fingerprint density at radius 3 is 2.63 bits per heavy atom. The van der Waals surface area contributed by atoms with E-state index in [2.05, 4.69) is 20.6 Å². The van der Waals surface area contributed by atoms with Crippen molar-refractivity contribution in [2.24, 2.45) is 0 Å². The highest BCUT2D eigenvalue weighted by atomic mass is 19.4. The molecule has 2 fully saturated rings. The largest absolute Gasteiger partial charge is 0.416 e. The first-order chi connectivity index (χ1) is 12.9. The van der Waals surface area contributed by atoms with Gasteiger partial charge in [0.2, 0.25) is 0 Å². The Kier molecular flexibility index (Phi) is 3.47. The van der Waals surface area contributed by atoms with Crippen molar-refractivity contribution in [2.45, 2.75) is 43.2 Å². The maximum atomic E-state index is 13.0. The predicted octanol–water partition coefficient (Wildman–Crippen LogP) is 4.16. The van der Waals surface area contributed by atoms with Gasteiger partial charge in [-0.3, -0.25) is 0 Å². The summed E-state index contributed by atoms with van der Waals surface area (Å²) in [5.74, 6) is 2.00. The minimum atomic E-state index is -4.32. The molecule has 2 aliphatic rings. The van der Waals surface area contributed by atoms with Crippen LogP contribution in [0.5, 0.6) is 0 Å². The molecule has 0 bridgehead atoms. The van der Waals surface area contributed by atoms with E-state index in [1.807, 2.05) is 12.1 Å². The van der Waals surface area contributed by atoms with Gasteiger partial charge in [-0.15, -0.1) is 15.3 Å². The highest BCUT2D eigenvalue weighted by molar-refractivity contribution is 5.46. The number of hydrogen-bond acceptors (Lipinski definition) is 4. The zero-order valence-electron chi connectivity index (χ0n) is 14.5. The third-order valence-corrected chi connectivity index (χ3v) is 5.49. The van der Waals surface area contributed by atoms with Gasteiger partial charge in [-0.25, -0.2) is 0 Å². The van der Waals surface area contributed by atoms with Crippen molar-refractivity contribution in [3.05, 3.63) is 53.3 Å². The average Bonchev–Trinajstić information content (AvgIpc) is 3.58. The number of anilines is 1. The molecule has 3 aromatic rings. The van der Waals surface area contributed by atoms with Crippen LogP contribution in [0.1, 0.15) is 48.6 Å². The third kappa shape index (κ3) is 3.02. The molecule has 0 unspecified atom stereocenters. The standard InChI is InChI=1S/C19H18F3N5/c20-19(21,22)14-3-1-2-13(10-14)18(8-9-18)11-23-15-6-7-16-24-25-17(12-4-5-12)27(16)26-15/h1-3,6-7,10,12H,4-5,8-9,11H2,(H,23,26). The van der Waals surface area contributed by atoms with Gasteiger partial charge in [-0.2, -0.15) is 17.7 Å². The minimum absolute atomic E-state index is 0.260. The highest BCUT2D eigenvalue weighted by Gasteiger charge is 2.45. The average molecular weight is 373 g/mol. The molecule has 2 saturated carbocycles. The summed E-state index contributed by atoms with van der Waals surface area (Å²) in [6.45, 7) is 0.549. The molecule has 0 amide bonds. The highest BCUT2D eigenvalue weighted by Crippen LogP contribution is 2.49. The molecule has 2 aromatic heterocycles. The first kappa shape index (κ1) is 16.5. The monoisotopic (exact) mass is 373 g/mol. The summed E-state index contributed by atoms with van der Waals surface area (Å²) < 4.78 is 40.8. The fraction of sp³-hybridized carbons (Fsp3) is 0.421. The fourth-order valence-corrected chi connectivity index (χ4v) is 3.50. The number of halogens is 3. The van der Waals surface area contributed by atoms with E-state index in [1.165, 1.54) is 12.1 Å². The molecule has 0 saturated heterocycles. The van der Waals surface area contributed by atoms with Crippen molar-refractivity contribution in [2.75, 3.05) is 11.9 Å². The van der Waals surface area contributed by atoms with Crippen LogP contribution in [0.3, 0.4) is 0 Å². The molecule has 0 atom stereocenters. The number of alkyl halides is 3. The maximum absolute atomic E-state index is 13.0. The number of nitrogens with one attached hydrogen (secondary N) is 1. The lowest BCUT2D eigenvalue weighted by atomic mass is 9.94. The molecule has 140 valence electrons. The fourth-order valence-electron chi connectivity index (χ4n) is 3.50. The second-order valence-electron chi connectivity index (χ2n) is 7.53. The molecule has 1 aromatic carbocycles. The number of aromatic nitrogens is 4. The molecule has 1 N–H and O–H groups in total. The van der Waals surface area contributed by atoms with Crippen LogP contribution in [0.4, 0.5) is 19.0 Å². The Morgan fingerprint density at radius 1 is 1.11 bits per heavy atom. The number of fused-ring (bicyclic) bond motifs is 1. The topological polar surface area (TPSA) is 55.1 Å². The van der Waals surface area contributed by atoms with Gasteiger partial charge in [-0.05, 0) is 49.4 Å². The molecular formula is C19H18F3N5. The summed E-state index contributed by atoms with van der Waals surface area (Å²) in [5.41, 5.74) is 0.587. The third-order valence-electron chi connectivity index (χ3n) is 5.49. The van der Waals surface area contributed by atoms with Gasteiger partial charge in [0.05, 0.1) is 5.56 Å². The van der Waals surface area contributed by atoms with E-state index >= 15 is 0 Å². The predicted molar refractivity (Wildman–Crippen MR) is 93.6 cm³/mol. The Balaban J connectivity index is 1.37. The van der Waals surface area contributed by atoms with Crippen LogP contribution in [0.15, 0.2) is 36.4 Å². The summed E-state index contributed by atoms with van der Waals surface area (Å²) in [6.07, 6.45) is -0.371. The van der Waals surface area contributed by atoms with E-state index < -0.39 is 11.7 Å². The van der Waals surface area contributed by atoms with Crippen LogP contribution in [0, 0.1) is 0 Å². The zero-order chi connectivity index (χ0) is 18.6. The quantitative estimate of drug-likeness (QED) is 0.730. The summed E-state index contributed by atoms with van der Waals surface area (Å²) in [6, 6.07) is 9.36. The minimum Gasteiger partial charge on any atom is -0.368 e. The van der Waals surface area contributed by atoms with E-state index in [9.17, 15) is 13.2 Å². The molecule has 5 rings (SSSR count). The first-order valence-corrected chi connectivity index (χ1v) is 9.09. The molecule has 2 heterocycles. The van der Waals surface area contributed by atoms with Crippen molar-refractivity contribution in [1.29, 1.82) is 0 Å². The van der Waals surface area contributed by atoms with E-state index in [1.54, 1.807) is 10.6 Å². The second kappa shape index (κ2) is 5.68. The van der Waals surface area contributed by atoms with Gasteiger partial charge in [0.15, 0.2) is 11.5 Å². The van der Waals surface area contributed by atoms with Crippen molar-refractivity contribution in [1.82, 2.24) is 19.8 Å². The zero-order valence-corrected chi connectivity index (χ0v) is 14.5. The number of rotatable bonds is 5. The van der Waals surface area contributed by atoms with Crippen molar-refractivity contribution in [3.8, 4) is 0 Å². The van der Waals surface area contributed by atoms with Gasteiger partial charge < -0.3 is 5.32 Å². The van der Waals surface area contributed by atoms with E-state index in [0.717, 1.165) is 43.1 Å². The van der Waals surface area contributed by atoms with Gasteiger partial charge in [0, 0.05) is 17.9 Å². The van der Waals surface area contributed by atoms with Crippen LogP contribution in [-0.2, 0) is 11.6 Å². The summed E-state index contributed by atoms with van der Waals surface area (Å²) in [4.78, 5) is 0. The summed E-state index contributed by atoms with van der Waals surface area (Å²) in [7, 11) is 0. The van der Waals surface area contributed by atoms with E-state index in [0.29, 0.717) is 23.9 Å². The molecule has 5 nitrogen and oxygen atoms in total. The van der Waals surface area contributed by atoms with E-state index in [4.69, 9.17) is 0 Å². The SMILES string of the molecule is FC(F)(F)c1cccc(C2(CNc3ccc4nnc(C5CC5)n4n3)CC2)c1. The van der Waals surface area contributed by atoms with Gasteiger partial charge in [0.1, 0.15) is 5.82 Å². The van der Waals surface area contributed by atoms with Gasteiger partial charge >= 0.3 is 6.18 Å². The smallest absolute Gasteiger partial charge is 0.368 e. The summed E-state index contributed by atoms with van der Waals surface area (Å²) in [5, 5.41) is 16.2. The Morgan fingerprint density at radius 2 is 1.93 bits per heavy atom. The molecule has 2 aliphatic carbocycles. The number of benzene rings is 1. The lowest BCUT2D eigenvalue weighted by molar-refractivity contribution is -0.137. The molecule has 0 spiro atoms. The van der Waals surface area contributed by atoms with Crippen molar-refractivity contribution in [3.63, 3.8) is 0 Å². The Labute approximate surface area is 153 Å². The molecule has 0 aliphatic heterocycles. The molecule has 8 heteroatoms. The van der Waals surface area contributed by atoms with Gasteiger partial charge in [0.25, 0.3) is 0 Å². The van der Waals surface area contributed by atoms with Crippen LogP contribution in [0.2, 0.25) is 0 Å². The Hall–Kier alpha value is -2.64. The van der Waals surface area contributed by atoms with Crippen LogP contribution in [-0.4, -0.2) is 26.4 Å². The van der Waals surface area contributed by atoms with E-state index in [-0.39, 0.29) is 5.41 Å². The molecule has 27 heavy (non-hydrogen) atoms. The van der Waals surface area contributed by atoms with Crippen LogP contribution >= 0.6 is 0 Å². The lowest BCUT2D eigenvalue weighted by Crippen LogP contribution is -2.21. The van der Waals surface area contributed by atoms with Crippen molar-refractivity contribution >= 4 is 11.5 Å². The first-order valence-electron chi connectivity index (χ1n) is 9.09. The van der Waals surface area contributed by atoms with Crippen LogP contribution in [0.25, 0.3) is 5.65 Å². The maximum Gasteiger partial charge on any atom is 0.416 e. The summed E-state index contributed by atoms with van der Waals surface area (Å²) >= 11 is 0. The number of hydrogen-bond donors (Lipinski definition) is 1. The van der Waals surface area contributed by atoms with Crippen molar-refractivity contribution < 1.29 is 13.2 Å².